The van der Waals surface area contributed by atoms with Crippen molar-refractivity contribution in [3.63, 3.8) is 0 Å². The van der Waals surface area contributed by atoms with Crippen molar-refractivity contribution in [1.29, 1.82) is 0 Å². The lowest BCUT2D eigenvalue weighted by Crippen LogP contribution is -2.28. The van der Waals surface area contributed by atoms with Gasteiger partial charge in [0, 0.05) is 11.5 Å². The minimum Gasteiger partial charge on any atom is -0.393 e. The molecule has 1 aromatic carbocycles. The molecule has 0 fully saturated rings. The molecule has 17 heavy (non-hydrogen) atoms. The number of benzene rings is 1. The van der Waals surface area contributed by atoms with E-state index in [2.05, 4.69) is 0 Å². The zero-order valence-corrected chi connectivity index (χ0v) is 10.5. The molecule has 2 rings (SSSR count). The molecule has 1 aliphatic carbocycles. The predicted octanol–water partition coefficient (Wildman–Crippen LogP) is 2.84. The van der Waals surface area contributed by atoms with Crippen LogP contribution < -0.4 is 0 Å². The minimum absolute atomic E-state index is 0.0290. The molecule has 0 heterocycles. The topological polar surface area (TPSA) is 37.3 Å². The van der Waals surface area contributed by atoms with E-state index in [1.165, 1.54) is 0 Å². The first kappa shape index (κ1) is 12.3. The number of ketones is 1. The number of fused-ring (bicyclic) bond motifs is 1. The van der Waals surface area contributed by atoms with Crippen LogP contribution in [0.1, 0.15) is 42.6 Å². The molecule has 0 bridgehead atoms. The summed E-state index contributed by atoms with van der Waals surface area (Å²) in [5.41, 5.74) is 2.03. The predicted molar refractivity (Wildman–Crippen MR) is 68.0 cm³/mol. The van der Waals surface area contributed by atoms with Gasteiger partial charge >= 0.3 is 0 Å². The van der Waals surface area contributed by atoms with Gasteiger partial charge in [-0.15, -0.1) is 0 Å². The highest BCUT2D eigenvalue weighted by Crippen LogP contribution is 2.30. The maximum atomic E-state index is 12.5. The second-order valence-electron chi connectivity index (χ2n) is 5.12. The van der Waals surface area contributed by atoms with Gasteiger partial charge in [0.25, 0.3) is 0 Å². The molecule has 92 valence electrons. The Labute approximate surface area is 103 Å². The number of aryl methyl sites for hydroxylation is 1. The maximum Gasteiger partial charge on any atom is 0.166 e. The lowest BCUT2D eigenvalue weighted by Gasteiger charge is -2.23. The summed E-state index contributed by atoms with van der Waals surface area (Å²) in [4.78, 5) is 12.5. The summed E-state index contributed by atoms with van der Waals surface area (Å²) in [5, 5.41) is 9.68. The SMILES string of the molecule is CC(O)C(C)C1CCCc2ccccc2C1=O. The Hall–Kier alpha value is -1.15. The second-order valence-corrected chi connectivity index (χ2v) is 5.12. The van der Waals surface area contributed by atoms with Crippen molar-refractivity contribution in [2.45, 2.75) is 39.2 Å². The molecular weight excluding hydrogens is 212 g/mol. The number of carbonyl (C=O) groups excluding carboxylic acids is 1. The number of Topliss-reactive ketones (excluding diaryl/α,β-unsaturated/α-hetero) is 1. The molecule has 0 amide bonds. The summed E-state index contributed by atoms with van der Waals surface area (Å²) in [5.74, 6) is 0.221. The maximum absolute atomic E-state index is 12.5. The third-order valence-electron chi connectivity index (χ3n) is 3.98. The molecule has 1 N–H and O–H groups in total. The van der Waals surface area contributed by atoms with E-state index in [4.69, 9.17) is 0 Å². The average molecular weight is 232 g/mol. The van der Waals surface area contributed by atoms with Crippen LogP contribution in [0.3, 0.4) is 0 Å². The molecule has 0 saturated heterocycles. The van der Waals surface area contributed by atoms with Gasteiger partial charge < -0.3 is 5.11 Å². The number of hydrogen-bond acceptors (Lipinski definition) is 2. The van der Waals surface area contributed by atoms with Crippen molar-refractivity contribution in [2.75, 3.05) is 0 Å². The standard InChI is InChI=1S/C15H20O2/c1-10(11(2)16)13-9-5-7-12-6-3-4-8-14(12)15(13)17/h3-4,6,8,10-11,13,16H,5,7,9H2,1-2H3. The van der Waals surface area contributed by atoms with Crippen molar-refractivity contribution >= 4 is 5.78 Å². The van der Waals surface area contributed by atoms with Crippen LogP contribution in [0.15, 0.2) is 24.3 Å². The van der Waals surface area contributed by atoms with Gasteiger partial charge in [0.15, 0.2) is 5.78 Å². The fraction of sp³-hybridized carbons (Fsp3) is 0.533. The number of aliphatic hydroxyl groups excluding tert-OH is 1. The Morgan fingerprint density at radius 3 is 2.71 bits per heavy atom. The Kier molecular flexibility index (Phi) is 3.63. The first-order valence-corrected chi connectivity index (χ1v) is 6.41. The van der Waals surface area contributed by atoms with Gasteiger partial charge in [0.05, 0.1) is 6.10 Å². The first-order valence-electron chi connectivity index (χ1n) is 6.41. The molecule has 0 aliphatic heterocycles. The van der Waals surface area contributed by atoms with Gasteiger partial charge in [-0.05, 0) is 37.7 Å². The average Bonchev–Trinajstić information content (AvgIpc) is 2.48. The van der Waals surface area contributed by atoms with Crippen LogP contribution in [-0.4, -0.2) is 17.0 Å². The molecular formula is C15H20O2. The third-order valence-corrected chi connectivity index (χ3v) is 3.98. The van der Waals surface area contributed by atoms with Crippen LogP contribution in [0, 0.1) is 11.8 Å². The Balaban J connectivity index is 2.32. The zero-order chi connectivity index (χ0) is 12.4. The summed E-state index contributed by atoms with van der Waals surface area (Å²) in [6.07, 6.45) is 2.48. The lowest BCUT2D eigenvalue weighted by atomic mass is 9.82. The number of hydrogen-bond donors (Lipinski definition) is 1. The van der Waals surface area contributed by atoms with Crippen LogP contribution in [0.2, 0.25) is 0 Å². The van der Waals surface area contributed by atoms with Gasteiger partial charge in [-0.2, -0.15) is 0 Å². The van der Waals surface area contributed by atoms with Crippen LogP contribution in [0.4, 0.5) is 0 Å². The van der Waals surface area contributed by atoms with Crippen LogP contribution in [-0.2, 0) is 6.42 Å². The number of carbonyl (C=O) groups is 1. The van der Waals surface area contributed by atoms with Gasteiger partial charge in [-0.1, -0.05) is 31.2 Å². The molecule has 0 aromatic heterocycles. The molecule has 1 aromatic rings. The molecule has 0 radical (unpaired) electrons. The summed E-state index contributed by atoms with van der Waals surface area (Å²) in [7, 11) is 0. The highest BCUT2D eigenvalue weighted by molar-refractivity contribution is 5.99. The summed E-state index contributed by atoms with van der Waals surface area (Å²) in [6, 6.07) is 7.88. The minimum atomic E-state index is -0.422. The molecule has 1 aliphatic rings. The van der Waals surface area contributed by atoms with E-state index in [1.54, 1.807) is 6.92 Å². The number of rotatable bonds is 2. The van der Waals surface area contributed by atoms with E-state index >= 15 is 0 Å². The zero-order valence-electron chi connectivity index (χ0n) is 10.5. The molecule has 0 saturated carbocycles. The summed E-state index contributed by atoms with van der Waals surface area (Å²) < 4.78 is 0. The van der Waals surface area contributed by atoms with Crippen LogP contribution in [0.25, 0.3) is 0 Å². The van der Waals surface area contributed by atoms with E-state index in [9.17, 15) is 9.90 Å². The highest BCUT2D eigenvalue weighted by Gasteiger charge is 2.31. The summed E-state index contributed by atoms with van der Waals surface area (Å²) in [6.45, 7) is 3.75. The van der Waals surface area contributed by atoms with Crippen molar-refractivity contribution in [3.05, 3.63) is 35.4 Å². The van der Waals surface area contributed by atoms with E-state index in [1.807, 2.05) is 31.2 Å². The van der Waals surface area contributed by atoms with Gasteiger partial charge in [-0.3, -0.25) is 4.79 Å². The fourth-order valence-electron chi connectivity index (χ4n) is 2.66. The van der Waals surface area contributed by atoms with Crippen molar-refractivity contribution < 1.29 is 9.90 Å². The fourth-order valence-corrected chi connectivity index (χ4v) is 2.66. The van der Waals surface area contributed by atoms with Gasteiger partial charge in [-0.25, -0.2) is 0 Å². The van der Waals surface area contributed by atoms with Gasteiger partial charge in [0.2, 0.25) is 0 Å². The van der Waals surface area contributed by atoms with Crippen LogP contribution in [0.5, 0.6) is 0 Å². The molecule has 2 heteroatoms. The largest absolute Gasteiger partial charge is 0.393 e. The van der Waals surface area contributed by atoms with Crippen LogP contribution >= 0.6 is 0 Å². The molecule has 3 unspecified atom stereocenters. The smallest absolute Gasteiger partial charge is 0.166 e. The van der Waals surface area contributed by atoms with Crippen molar-refractivity contribution in [2.24, 2.45) is 11.8 Å². The Bertz CT molecular complexity index is 409. The van der Waals surface area contributed by atoms with E-state index in [0.717, 1.165) is 30.4 Å². The second kappa shape index (κ2) is 5.01. The Morgan fingerprint density at radius 2 is 2.00 bits per heavy atom. The Morgan fingerprint density at radius 1 is 1.29 bits per heavy atom. The monoisotopic (exact) mass is 232 g/mol. The van der Waals surface area contributed by atoms with Crippen molar-refractivity contribution in [3.8, 4) is 0 Å². The molecule has 0 spiro atoms. The number of aliphatic hydroxyl groups is 1. The lowest BCUT2D eigenvalue weighted by molar-refractivity contribution is 0.0671. The molecule has 3 atom stereocenters. The van der Waals surface area contributed by atoms with E-state index in [0.29, 0.717) is 0 Å². The van der Waals surface area contributed by atoms with E-state index < -0.39 is 6.10 Å². The summed E-state index contributed by atoms with van der Waals surface area (Å²) >= 11 is 0. The van der Waals surface area contributed by atoms with Gasteiger partial charge in [0.1, 0.15) is 0 Å². The van der Waals surface area contributed by atoms with E-state index in [-0.39, 0.29) is 17.6 Å². The first-order chi connectivity index (χ1) is 8.11. The molecule has 2 nitrogen and oxygen atoms in total. The highest BCUT2D eigenvalue weighted by atomic mass is 16.3. The van der Waals surface area contributed by atoms with Crippen molar-refractivity contribution in [1.82, 2.24) is 0 Å². The quantitative estimate of drug-likeness (QED) is 0.796. The third kappa shape index (κ3) is 2.42. The normalized spacial score (nSPS) is 23.7.